The third kappa shape index (κ3) is 29.3. The Hall–Kier alpha value is -2.91. The van der Waals surface area contributed by atoms with Gasteiger partial charge in [0.25, 0.3) is 0 Å². The average molecular weight is 1030 g/mol. The first-order chi connectivity index (χ1) is 35.7. The fraction of sp³-hybridized carbons (Fsp3) is 0.817. The van der Waals surface area contributed by atoms with Crippen molar-refractivity contribution in [1.29, 1.82) is 0 Å². The van der Waals surface area contributed by atoms with Crippen molar-refractivity contribution in [1.82, 2.24) is 10.3 Å². The lowest BCUT2D eigenvalue weighted by Gasteiger charge is -2.40. The first-order valence-electron chi connectivity index (χ1n) is 29.9. The summed E-state index contributed by atoms with van der Waals surface area (Å²) < 4.78 is 17.1. The number of nitrogens with zero attached hydrogens (tertiary/aromatic N) is 1. The molecule has 2 heterocycles. The average Bonchev–Trinajstić information content (AvgIpc) is 3.39. The molecule has 1 aliphatic heterocycles. The Labute approximate surface area is 442 Å². The van der Waals surface area contributed by atoms with Crippen LogP contribution in [0.4, 0.5) is 10.5 Å². The molecule has 0 saturated carbocycles. The zero-order chi connectivity index (χ0) is 52.6. The molecular formula is C60H105N3O10. The Kier molecular flexibility index (Phi) is 37.2. The maximum absolute atomic E-state index is 13.3. The number of para-hydroxylation sites is 1. The zero-order valence-electron chi connectivity index (χ0n) is 45.9. The lowest BCUT2D eigenvalue weighted by molar-refractivity contribution is -0.302. The molecule has 73 heavy (non-hydrogen) atoms. The molecule has 1 aromatic carbocycles. The number of fused-ring (bicyclic) bond motifs is 1. The highest BCUT2D eigenvalue weighted by molar-refractivity contribution is 5.98. The maximum atomic E-state index is 13.3. The minimum atomic E-state index is -1.72. The number of aliphatic hydroxyl groups excluding tert-OH is 5. The number of hydrogen-bond donors (Lipinski definition) is 7. The molecule has 7 N–H and O–H groups in total. The highest BCUT2D eigenvalue weighted by atomic mass is 16.7. The predicted molar refractivity (Wildman–Crippen MR) is 295 cm³/mol. The Morgan fingerprint density at radius 1 is 0.589 bits per heavy atom. The molecule has 1 aliphatic rings. The monoisotopic (exact) mass is 1030 g/mol. The van der Waals surface area contributed by atoms with E-state index in [1.807, 2.05) is 18.2 Å². The van der Waals surface area contributed by atoms with Crippen molar-refractivity contribution in [3.63, 3.8) is 0 Å². The molecule has 420 valence electrons. The molecule has 0 spiro atoms. The Bertz CT molecular complexity index is 1650. The molecule has 0 bridgehead atoms. The van der Waals surface area contributed by atoms with Crippen molar-refractivity contribution in [3.8, 4) is 0 Å². The molecule has 0 radical (unpaired) electrons. The number of pyridine rings is 1. The van der Waals surface area contributed by atoms with Gasteiger partial charge in [-0.1, -0.05) is 250 Å². The number of rotatable bonds is 46. The van der Waals surface area contributed by atoms with Gasteiger partial charge in [0.1, 0.15) is 37.1 Å². The lowest BCUT2D eigenvalue weighted by Crippen LogP contribution is -2.60. The van der Waals surface area contributed by atoms with Gasteiger partial charge in [-0.2, -0.15) is 0 Å². The van der Waals surface area contributed by atoms with E-state index in [1.165, 1.54) is 173 Å². The van der Waals surface area contributed by atoms with Crippen LogP contribution in [-0.2, 0) is 19.0 Å². The van der Waals surface area contributed by atoms with Gasteiger partial charge in [-0.15, -0.1) is 0 Å². The lowest BCUT2D eigenvalue weighted by atomic mass is 9.98. The molecule has 1 saturated heterocycles. The first-order valence-corrected chi connectivity index (χ1v) is 29.9. The van der Waals surface area contributed by atoms with Gasteiger partial charge < -0.3 is 45.1 Å². The van der Waals surface area contributed by atoms with Crippen molar-refractivity contribution < 1.29 is 49.3 Å². The molecule has 2 aromatic rings. The molecule has 1 fully saturated rings. The van der Waals surface area contributed by atoms with Gasteiger partial charge in [0.2, 0.25) is 5.91 Å². The van der Waals surface area contributed by atoms with E-state index in [0.717, 1.165) is 44.9 Å². The van der Waals surface area contributed by atoms with Crippen LogP contribution in [-0.4, -0.2) is 105 Å². The molecule has 0 unspecified atom stereocenters. The molecule has 0 aliphatic carbocycles. The van der Waals surface area contributed by atoms with Crippen LogP contribution in [0.5, 0.6) is 0 Å². The molecule has 13 heteroatoms. The minimum Gasteiger partial charge on any atom is -0.446 e. The summed E-state index contributed by atoms with van der Waals surface area (Å²) in [5, 5.41) is 61.2. The number of carbonyl (C=O) groups excluding carboxylic acids is 2. The van der Waals surface area contributed by atoms with Gasteiger partial charge in [0.15, 0.2) is 6.29 Å². The third-order valence-electron chi connectivity index (χ3n) is 14.9. The molecule has 1 aromatic heterocycles. The van der Waals surface area contributed by atoms with Gasteiger partial charge >= 0.3 is 6.09 Å². The summed E-state index contributed by atoms with van der Waals surface area (Å²) in [5.74, 6) is -0.284. The van der Waals surface area contributed by atoms with Crippen LogP contribution in [0.1, 0.15) is 251 Å². The number of anilines is 1. The second-order valence-electron chi connectivity index (χ2n) is 21.4. The van der Waals surface area contributed by atoms with Crippen LogP contribution in [0.2, 0.25) is 0 Å². The van der Waals surface area contributed by atoms with E-state index < -0.39 is 61.7 Å². The summed E-state index contributed by atoms with van der Waals surface area (Å²) in [4.78, 5) is 30.4. The van der Waals surface area contributed by atoms with E-state index in [4.69, 9.17) is 14.2 Å². The zero-order valence-corrected chi connectivity index (χ0v) is 45.9. The van der Waals surface area contributed by atoms with Crippen molar-refractivity contribution in [2.75, 3.05) is 18.5 Å². The van der Waals surface area contributed by atoms with Crippen LogP contribution in [0.15, 0.2) is 36.5 Å². The van der Waals surface area contributed by atoms with E-state index >= 15 is 0 Å². The SMILES string of the molecule is CCCCCCCCCCCCCCCCCCCCCCCCCC(=O)N[C@@H](CO[C@@H]1O[C@H](COC(=O)Nc2ccnc3ccccc23)[C@H](O)[C@H](O)[C@H]1O)[C@H](O)[C@H](O)CCCCCCCCCCCCCC. The number of aromatic nitrogens is 1. The predicted octanol–water partition coefficient (Wildman–Crippen LogP) is 13.3. The first kappa shape index (κ1) is 64.4. The van der Waals surface area contributed by atoms with Gasteiger partial charge in [-0.25, -0.2) is 4.79 Å². The van der Waals surface area contributed by atoms with Crippen molar-refractivity contribution in [3.05, 3.63) is 36.5 Å². The summed E-state index contributed by atoms with van der Waals surface area (Å²) in [6, 6.07) is 7.84. The Morgan fingerprint density at radius 3 is 1.53 bits per heavy atom. The van der Waals surface area contributed by atoms with Crippen molar-refractivity contribution >= 4 is 28.6 Å². The van der Waals surface area contributed by atoms with Gasteiger partial charge in [0, 0.05) is 18.0 Å². The number of carbonyl (C=O) groups is 2. The Balaban J connectivity index is 1.37. The molecule has 2 amide bonds. The molecule has 8 atom stereocenters. The fourth-order valence-corrected chi connectivity index (χ4v) is 10.1. The second kappa shape index (κ2) is 42.2. The largest absolute Gasteiger partial charge is 0.446 e. The number of aliphatic hydroxyl groups is 5. The smallest absolute Gasteiger partial charge is 0.411 e. The van der Waals surface area contributed by atoms with E-state index in [1.54, 1.807) is 18.3 Å². The minimum absolute atomic E-state index is 0.251. The van der Waals surface area contributed by atoms with Gasteiger partial charge in [-0.05, 0) is 25.0 Å². The number of nitrogens with one attached hydrogen (secondary N) is 2. The fourth-order valence-electron chi connectivity index (χ4n) is 10.1. The van der Waals surface area contributed by atoms with Gasteiger partial charge in [-0.3, -0.25) is 15.1 Å². The van der Waals surface area contributed by atoms with Crippen molar-refractivity contribution in [2.24, 2.45) is 0 Å². The molecule has 3 rings (SSSR count). The number of ether oxygens (including phenoxy) is 3. The van der Waals surface area contributed by atoms with E-state index in [0.29, 0.717) is 29.4 Å². The topological polar surface area (TPSA) is 200 Å². The van der Waals surface area contributed by atoms with Gasteiger partial charge in [0.05, 0.1) is 30.0 Å². The van der Waals surface area contributed by atoms with E-state index in [9.17, 15) is 35.1 Å². The summed E-state index contributed by atoms with van der Waals surface area (Å²) in [6.07, 6.45) is 34.9. The Morgan fingerprint density at radius 2 is 1.04 bits per heavy atom. The summed E-state index contributed by atoms with van der Waals surface area (Å²) in [6.45, 7) is 3.67. The van der Waals surface area contributed by atoms with Crippen LogP contribution in [0.3, 0.4) is 0 Å². The maximum Gasteiger partial charge on any atom is 0.411 e. The van der Waals surface area contributed by atoms with E-state index in [2.05, 4.69) is 29.5 Å². The summed E-state index contributed by atoms with van der Waals surface area (Å²) in [5.41, 5.74) is 1.15. The highest BCUT2D eigenvalue weighted by Gasteiger charge is 2.45. The summed E-state index contributed by atoms with van der Waals surface area (Å²) in [7, 11) is 0. The van der Waals surface area contributed by atoms with Crippen LogP contribution >= 0.6 is 0 Å². The standard InChI is InChI=1S/C60H105N3O10/c1-3-5-7-9-11-13-15-17-18-19-20-21-22-23-24-25-26-27-29-31-33-35-37-43-54(65)62-51(55(66)52(64)42-36-34-32-30-28-16-14-12-10-8-6-4-2)46-71-59-58(69)57(68)56(67)53(73-59)47-72-60(70)63-50-44-45-61-49-41-39-38-40-48(49)50/h38-41,44-45,51-53,55-59,64,66-69H,3-37,42-43,46-47H2,1-2H3,(H,62,65)(H,61,63,70)/t51-,52+,53+,55-,56-,57-,58+,59+/m0/s1. The highest BCUT2D eigenvalue weighted by Crippen LogP contribution is 2.25. The molecular weight excluding hydrogens is 923 g/mol. The van der Waals surface area contributed by atoms with Crippen LogP contribution in [0, 0.1) is 0 Å². The van der Waals surface area contributed by atoms with Crippen LogP contribution in [0.25, 0.3) is 10.9 Å². The number of amides is 2. The number of unbranched alkanes of at least 4 members (excludes halogenated alkanes) is 33. The number of hydrogen-bond acceptors (Lipinski definition) is 11. The molecule has 13 nitrogen and oxygen atoms in total. The quantitative estimate of drug-likeness (QED) is 0.0311. The normalized spacial score (nSPS) is 19.2. The second-order valence-corrected chi connectivity index (χ2v) is 21.4. The van der Waals surface area contributed by atoms with Crippen LogP contribution < -0.4 is 10.6 Å². The van der Waals surface area contributed by atoms with E-state index in [-0.39, 0.29) is 18.9 Å². The van der Waals surface area contributed by atoms with Crippen molar-refractivity contribution in [2.45, 2.75) is 300 Å². The number of benzene rings is 1. The summed E-state index contributed by atoms with van der Waals surface area (Å²) >= 11 is 0. The third-order valence-corrected chi connectivity index (χ3v) is 14.9.